The number of benzene rings is 2. The van der Waals surface area contributed by atoms with E-state index >= 15 is 0 Å². The molecule has 1 heterocycles. The Morgan fingerprint density at radius 2 is 1.67 bits per heavy atom. The number of aromatic nitrogens is 1. The van der Waals surface area contributed by atoms with Gasteiger partial charge in [0.15, 0.2) is 0 Å². The molecule has 3 aromatic rings. The van der Waals surface area contributed by atoms with E-state index in [1.807, 2.05) is 0 Å². The maximum Gasteiger partial charge on any atom is 0.337 e. The van der Waals surface area contributed by atoms with Gasteiger partial charge in [0.05, 0.1) is 12.7 Å². The summed E-state index contributed by atoms with van der Waals surface area (Å²) < 4.78 is 18.6. The second kappa shape index (κ2) is 11.6. The molecule has 2 amide bonds. The van der Waals surface area contributed by atoms with Crippen LogP contribution in [0.15, 0.2) is 72.9 Å². The molecule has 186 valence electrons. The van der Waals surface area contributed by atoms with E-state index in [9.17, 15) is 18.8 Å². The standard InChI is InChI=1S/C28H28FN3O4/c1-36-28(35)20-12-16-23(17-13-20)32(27(34)24-9-5-6-18-30-24)25(19-10-14-21(29)15-11-19)26(33)31-22-7-3-2-4-8-22/h5-6,9-18,22,25H,2-4,7-8H2,1H3,(H,31,33)/t25-/m0/s1. The van der Waals surface area contributed by atoms with E-state index < -0.39 is 23.7 Å². The quantitative estimate of drug-likeness (QED) is 0.480. The number of esters is 1. The van der Waals surface area contributed by atoms with Gasteiger partial charge in [-0.15, -0.1) is 0 Å². The minimum absolute atomic E-state index is 0.00250. The number of hydrogen-bond acceptors (Lipinski definition) is 5. The second-order valence-electron chi connectivity index (χ2n) is 8.73. The average Bonchev–Trinajstić information content (AvgIpc) is 2.92. The lowest BCUT2D eigenvalue weighted by Crippen LogP contribution is -2.47. The van der Waals surface area contributed by atoms with Crippen LogP contribution in [0, 0.1) is 5.82 Å². The van der Waals surface area contributed by atoms with E-state index in [0.29, 0.717) is 16.8 Å². The van der Waals surface area contributed by atoms with E-state index in [4.69, 9.17) is 4.74 Å². The summed E-state index contributed by atoms with van der Waals surface area (Å²) in [6.07, 6.45) is 6.41. The highest BCUT2D eigenvalue weighted by Gasteiger charge is 2.35. The predicted molar refractivity (Wildman–Crippen MR) is 133 cm³/mol. The van der Waals surface area contributed by atoms with Crippen LogP contribution in [-0.4, -0.2) is 35.9 Å². The SMILES string of the molecule is COC(=O)c1ccc(N(C(=O)c2ccccn2)[C@H](C(=O)NC2CCCCC2)c2ccc(F)cc2)cc1. The first-order valence-electron chi connectivity index (χ1n) is 12.0. The molecule has 7 nitrogen and oxygen atoms in total. The summed E-state index contributed by atoms with van der Waals surface area (Å²) in [4.78, 5) is 45.1. The molecular formula is C28H28FN3O4. The fourth-order valence-corrected chi connectivity index (χ4v) is 4.46. The molecular weight excluding hydrogens is 461 g/mol. The van der Waals surface area contributed by atoms with Crippen molar-refractivity contribution in [3.8, 4) is 0 Å². The van der Waals surface area contributed by atoms with Crippen molar-refractivity contribution in [3.05, 3.63) is 95.6 Å². The highest BCUT2D eigenvalue weighted by molar-refractivity contribution is 6.09. The van der Waals surface area contributed by atoms with E-state index in [2.05, 4.69) is 10.3 Å². The van der Waals surface area contributed by atoms with Crippen LogP contribution in [-0.2, 0) is 9.53 Å². The largest absolute Gasteiger partial charge is 0.465 e. The summed E-state index contributed by atoms with van der Waals surface area (Å²) >= 11 is 0. The smallest absolute Gasteiger partial charge is 0.337 e. The van der Waals surface area contributed by atoms with Crippen LogP contribution in [0.3, 0.4) is 0 Å². The van der Waals surface area contributed by atoms with Crippen molar-refractivity contribution < 1.29 is 23.5 Å². The molecule has 0 bridgehead atoms. The molecule has 0 unspecified atom stereocenters. The predicted octanol–water partition coefficient (Wildman–Crippen LogP) is 4.84. The molecule has 1 saturated carbocycles. The van der Waals surface area contributed by atoms with Crippen molar-refractivity contribution in [2.45, 2.75) is 44.2 Å². The molecule has 36 heavy (non-hydrogen) atoms. The zero-order valence-electron chi connectivity index (χ0n) is 20.0. The number of ether oxygens (including phenoxy) is 1. The molecule has 1 aliphatic rings. The summed E-state index contributed by atoms with van der Waals surface area (Å²) in [5.74, 6) is -1.84. The van der Waals surface area contributed by atoms with Crippen molar-refractivity contribution in [3.63, 3.8) is 0 Å². The first-order valence-corrected chi connectivity index (χ1v) is 12.0. The van der Waals surface area contributed by atoms with Gasteiger partial charge >= 0.3 is 5.97 Å². The fraction of sp³-hybridized carbons (Fsp3) is 0.286. The monoisotopic (exact) mass is 489 g/mol. The van der Waals surface area contributed by atoms with Gasteiger partial charge in [-0.3, -0.25) is 19.5 Å². The minimum Gasteiger partial charge on any atom is -0.465 e. The Morgan fingerprint density at radius 3 is 2.28 bits per heavy atom. The summed E-state index contributed by atoms with van der Waals surface area (Å²) in [6.45, 7) is 0. The third-order valence-corrected chi connectivity index (χ3v) is 6.31. The van der Waals surface area contributed by atoms with Gasteiger partial charge in [0, 0.05) is 17.9 Å². The van der Waals surface area contributed by atoms with Gasteiger partial charge in [-0.25, -0.2) is 9.18 Å². The Balaban J connectivity index is 1.79. The van der Waals surface area contributed by atoms with Crippen LogP contribution < -0.4 is 10.2 Å². The molecule has 0 radical (unpaired) electrons. The molecule has 1 aliphatic carbocycles. The van der Waals surface area contributed by atoms with Crippen molar-refractivity contribution in [2.24, 2.45) is 0 Å². The van der Waals surface area contributed by atoms with E-state index in [1.54, 1.807) is 30.3 Å². The fourth-order valence-electron chi connectivity index (χ4n) is 4.46. The Morgan fingerprint density at radius 1 is 0.972 bits per heavy atom. The van der Waals surface area contributed by atoms with Crippen LogP contribution in [0.1, 0.15) is 64.6 Å². The summed E-state index contributed by atoms with van der Waals surface area (Å²) in [5.41, 5.74) is 1.28. The molecule has 1 fully saturated rings. The molecule has 4 rings (SSSR count). The number of pyridine rings is 1. The van der Waals surface area contributed by atoms with Gasteiger partial charge in [-0.1, -0.05) is 37.5 Å². The van der Waals surface area contributed by atoms with E-state index in [-0.39, 0.29) is 17.6 Å². The molecule has 8 heteroatoms. The first-order chi connectivity index (χ1) is 17.5. The Kier molecular flexibility index (Phi) is 8.05. The molecule has 2 aromatic carbocycles. The number of carbonyl (C=O) groups excluding carboxylic acids is 3. The third-order valence-electron chi connectivity index (χ3n) is 6.31. The molecule has 1 N–H and O–H groups in total. The number of amides is 2. The lowest BCUT2D eigenvalue weighted by Gasteiger charge is -2.33. The van der Waals surface area contributed by atoms with Crippen LogP contribution in [0.5, 0.6) is 0 Å². The van der Waals surface area contributed by atoms with Crippen molar-refractivity contribution in [1.29, 1.82) is 0 Å². The average molecular weight is 490 g/mol. The van der Waals surface area contributed by atoms with E-state index in [0.717, 1.165) is 32.1 Å². The van der Waals surface area contributed by atoms with Gasteiger partial charge in [-0.05, 0) is 66.9 Å². The molecule has 0 aliphatic heterocycles. The van der Waals surface area contributed by atoms with E-state index in [1.165, 1.54) is 54.6 Å². The maximum absolute atomic E-state index is 13.8. The number of anilines is 1. The Bertz CT molecular complexity index is 1190. The molecule has 0 spiro atoms. The highest BCUT2D eigenvalue weighted by Crippen LogP contribution is 2.31. The zero-order valence-corrected chi connectivity index (χ0v) is 20.0. The number of nitrogens with one attached hydrogen (secondary N) is 1. The van der Waals surface area contributed by atoms with Gasteiger partial charge < -0.3 is 10.1 Å². The summed E-state index contributed by atoms with van der Waals surface area (Å²) in [6, 6.07) is 15.6. The van der Waals surface area contributed by atoms with Gasteiger partial charge in [0.1, 0.15) is 17.6 Å². The van der Waals surface area contributed by atoms with Crippen LogP contribution >= 0.6 is 0 Å². The minimum atomic E-state index is -1.09. The summed E-state index contributed by atoms with van der Waals surface area (Å²) in [7, 11) is 1.29. The number of nitrogens with zero attached hydrogens (tertiary/aromatic N) is 2. The zero-order chi connectivity index (χ0) is 25.5. The molecule has 0 saturated heterocycles. The Hall–Kier alpha value is -4.07. The lowest BCUT2D eigenvalue weighted by molar-refractivity contribution is -0.123. The number of halogens is 1. The number of rotatable bonds is 7. The number of hydrogen-bond donors (Lipinski definition) is 1. The topological polar surface area (TPSA) is 88.6 Å². The first kappa shape index (κ1) is 25.0. The van der Waals surface area contributed by atoms with Crippen LogP contribution in [0.2, 0.25) is 0 Å². The summed E-state index contributed by atoms with van der Waals surface area (Å²) in [5, 5.41) is 3.11. The number of carbonyl (C=O) groups is 3. The van der Waals surface area contributed by atoms with Crippen LogP contribution in [0.4, 0.5) is 10.1 Å². The van der Waals surface area contributed by atoms with Gasteiger partial charge in [-0.2, -0.15) is 0 Å². The number of methoxy groups -OCH3 is 1. The molecule has 1 aromatic heterocycles. The third kappa shape index (κ3) is 5.76. The van der Waals surface area contributed by atoms with Crippen molar-refractivity contribution in [2.75, 3.05) is 12.0 Å². The van der Waals surface area contributed by atoms with Crippen LogP contribution in [0.25, 0.3) is 0 Å². The lowest BCUT2D eigenvalue weighted by atomic mass is 9.94. The second-order valence-corrected chi connectivity index (χ2v) is 8.73. The maximum atomic E-state index is 13.8. The van der Waals surface area contributed by atoms with Crippen molar-refractivity contribution >= 4 is 23.5 Å². The highest BCUT2D eigenvalue weighted by atomic mass is 19.1. The Labute approximate surface area is 209 Å². The van der Waals surface area contributed by atoms with Gasteiger partial charge in [0.2, 0.25) is 5.91 Å². The normalized spacial score (nSPS) is 14.5. The van der Waals surface area contributed by atoms with Gasteiger partial charge in [0.25, 0.3) is 5.91 Å². The van der Waals surface area contributed by atoms with Crippen molar-refractivity contribution in [1.82, 2.24) is 10.3 Å². The molecule has 1 atom stereocenters.